The molecule has 2 aromatic heterocycles. The van der Waals surface area contributed by atoms with Crippen LogP contribution in [0.1, 0.15) is 16.8 Å². The highest BCUT2D eigenvalue weighted by Gasteiger charge is 2.28. The van der Waals surface area contributed by atoms with Crippen molar-refractivity contribution in [3.05, 3.63) is 42.0 Å². The Kier molecular flexibility index (Phi) is 5.59. The van der Waals surface area contributed by atoms with E-state index in [1.54, 1.807) is 24.3 Å². The van der Waals surface area contributed by atoms with Gasteiger partial charge in [-0.3, -0.25) is 4.79 Å². The molecular weight excluding hydrogens is 415 g/mol. The van der Waals surface area contributed by atoms with Crippen LogP contribution in [0.25, 0.3) is 22.3 Å². The number of amides is 1. The maximum absolute atomic E-state index is 12.3. The van der Waals surface area contributed by atoms with Gasteiger partial charge >= 0.3 is 6.18 Å². The minimum absolute atomic E-state index is 0.0604. The number of anilines is 1. The average Bonchev–Trinajstić information content (AvgIpc) is 3.24. The maximum atomic E-state index is 12.3. The Morgan fingerprint density at radius 3 is 2.61 bits per heavy atom. The summed E-state index contributed by atoms with van der Waals surface area (Å²) < 4.78 is 48.0. The third-order valence-electron chi connectivity index (χ3n) is 4.59. The molecule has 162 valence electrons. The Morgan fingerprint density at radius 1 is 1.16 bits per heavy atom. The number of carbonyl (C=O) groups is 1. The van der Waals surface area contributed by atoms with E-state index in [0.29, 0.717) is 35.5 Å². The summed E-state index contributed by atoms with van der Waals surface area (Å²) in [5.41, 5.74) is 8.02. The molecule has 0 aliphatic carbocycles. The highest BCUT2D eigenvalue weighted by atomic mass is 19.4. The van der Waals surface area contributed by atoms with Crippen LogP contribution < -0.4 is 15.8 Å². The second-order valence-corrected chi connectivity index (χ2v) is 6.93. The summed E-state index contributed by atoms with van der Waals surface area (Å²) in [5, 5.41) is 1.83. The molecule has 31 heavy (non-hydrogen) atoms. The molecule has 8 nitrogen and oxygen atoms in total. The minimum atomic E-state index is -4.47. The molecule has 1 saturated heterocycles. The van der Waals surface area contributed by atoms with Crippen LogP contribution in [0, 0.1) is 0 Å². The van der Waals surface area contributed by atoms with E-state index in [4.69, 9.17) is 15.2 Å². The number of nitrogen functional groups attached to an aromatic ring is 1. The second-order valence-electron chi connectivity index (χ2n) is 6.93. The standard InChI is InChI=1S/C20H18F3N5O3/c21-20(22,23)10-25-17(29)12-3-1-11(2-4-12)14-5-6-15-16(26-14)18(28-19(24)27-15)31-13-7-8-30-9-13/h1-6,13H,7-10H2,(H,25,29)(H2,24,27,28)/t13-/m0/s1. The van der Waals surface area contributed by atoms with Crippen molar-refractivity contribution in [3.63, 3.8) is 0 Å². The van der Waals surface area contributed by atoms with Gasteiger partial charge in [-0.1, -0.05) is 12.1 Å². The molecule has 3 aromatic rings. The van der Waals surface area contributed by atoms with Crippen LogP contribution in [0.2, 0.25) is 0 Å². The maximum Gasteiger partial charge on any atom is 0.405 e. The quantitative estimate of drug-likeness (QED) is 0.636. The summed E-state index contributed by atoms with van der Waals surface area (Å²) in [6.45, 7) is -0.342. The summed E-state index contributed by atoms with van der Waals surface area (Å²) in [4.78, 5) is 24.8. The zero-order chi connectivity index (χ0) is 22.0. The lowest BCUT2D eigenvalue weighted by atomic mass is 10.1. The number of alkyl halides is 3. The molecule has 1 aliphatic heterocycles. The number of nitrogens with zero attached hydrogens (tertiary/aromatic N) is 3. The van der Waals surface area contributed by atoms with Gasteiger partial charge in [0.15, 0.2) is 5.52 Å². The van der Waals surface area contributed by atoms with Gasteiger partial charge in [0.05, 0.1) is 24.4 Å². The van der Waals surface area contributed by atoms with E-state index in [1.165, 1.54) is 12.1 Å². The van der Waals surface area contributed by atoms with Gasteiger partial charge in [-0.05, 0) is 24.3 Å². The zero-order valence-corrected chi connectivity index (χ0v) is 16.1. The summed E-state index contributed by atoms with van der Waals surface area (Å²) >= 11 is 0. The van der Waals surface area contributed by atoms with Crippen LogP contribution in [-0.2, 0) is 4.74 Å². The summed E-state index contributed by atoms with van der Waals surface area (Å²) in [5.74, 6) is -0.498. The van der Waals surface area contributed by atoms with Crippen LogP contribution in [0.3, 0.4) is 0 Å². The largest absolute Gasteiger partial charge is 0.470 e. The fourth-order valence-corrected chi connectivity index (χ4v) is 3.09. The molecule has 11 heteroatoms. The molecule has 1 aromatic carbocycles. The van der Waals surface area contributed by atoms with E-state index in [0.717, 1.165) is 6.42 Å². The normalized spacial score (nSPS) is 16.4. The number of carbonyl (C=O) groups excluding carboxylic acids is 1. The molecule has 1 fully saturated rings. The molecule has 0 spiro atoms. The van der Waals surface area contributed by atoms with Gasteiger partial charge in [-0.2, -0.15) is 18.2 Å². The van der Waals surface area contributed by atoms with Gasteiger partial charge < -0.3 is 20.5 Å². The molecule has 0 saturated carbocycles. The smallest absolute Gasteiger partial charge is 0.405 e. The molecule has 0 unspecified atom stereocenters. The lowest BCUT2D eigenvalue weighted by Gasteiger charge is -2.13. The van der Waals surface area contributed by atoms with Crippen LogP contribution in [-0.4, -0.2) is 52.9 Å². The first-order valence-corrected chi connectivity index (χ1v) is 9.42. The van der Waals surface area contributed by atoms with Gasteiger partial charge in [-0.15, -0.1) is 0 Å². The Hall–Kier alpha value is -3.47. The predicted octanol–water partition coefficient (Wildman–Crippen LogP) is 2.73. The number of hydrogen-bond acceptors (Lipinski definition) is 7. The van der Waals surface area contributed by atoms with E-state index in [-0.39, 0.29) is 23.5 Å². The second kappa shape index (κ2) is 8.34. The van der Waals surface area contributed by atoms with Gasteiger partial charge in [0.25, 0.3) is 5.91 Å². The van der Waals surface area contributed by atoms with E-state index in [2.05, 4.69) is 15.0 Å². The number of hydrogen-bond donors (Lipinski definition) is 2. The first-order valence-electron chi connectivity index (χ1n) is 9.42. The molecule has 1 aliphatic rings. The van der Waals surface area contributed by atoms with E-state index in [1.807, 2.05) is 5.32 Å². The highest BCUT2D eigenvalue weighted by molar-refractivity contribution is 5.94. The Bertz CT molecular complexity index is 1100. The number of fused-ring (bicyclic) bond motifs is 1. The zero-order valence-electron chi connectivity index (χ0n) is 16.1. The molecular formula is C20H18F3N5O3. The molecule has 0 bridgehead atoms. The SMILES string of the molecule is Nc1nc(O[C@H]2CCOC2)c2nc(-c3ccc(C(=O)NCC(F)(F)F)cc3)ccc2n1. The van der Waals surface area contributed by atoms with E-state index >= 15 is 0 Å². The van der Waals surface area contributed by atoms with Crippen LogP contribution >= 0.6 is 0 Å². The van der Waals surface area contributed by atoms with Gasteiger partial charge in [0, 0.05) is 17.5 Å². The highest BCUT2D eigenvalue weighted by Crippen LogP contribution is 2.27. The van der Waals surface area contributed by atoms with Crippen LogP contribution in [0.5, 0.6) is 5.88 Å². The van der Waals surface area contributed by atoms with Crippen molar-refractivity contribution in [2.24, 2.45) is 0 Å². The number of ether oxygens (including phenoxy) is 2. The van der Waals surface area contributed by atoms with Crippen LogP contribution in [0.4, 0.5) is 19.1 Å². The number of halogens is 3. The molecule has 3 N–H and O–H groups in total. The third-order valence-corrected chi connectivity index (χ3v) is 4.59. The van der Waals surface area contributed by atoms with Gasteiger partial charge in [0.2, 0.25) is 11.8 Å². The number of nitrogens with two attached hydrogens (primary N) is 1. The first-order chi connectivity index (χ1) is 14.8. The number of nitrogens with one attached hydrogen (secondary N) is 1. The number of pyridine rings is 1. The van der Waals surface area contributed by atoms with Crippen molar-refractivity contribution in [1.29, 1.82) is 0 Å². The molecule has 4 rings (SSSR count). The third kappa shape index (κ3) is 5.00. The number of rotatable bonds is 5. The Balaban J connectivity index is 1.59. The fourth-order valence-electron chi connectivity index (χ4n) is 3.09. The van der Waals surface area contributed by atoms with Crippen molar-refractivity contribution in [2.75, 3.05) is 25.5 Å². The van der Waals surface area contributed by atoms with Gasteiger partial charge in [-0.25, -0.2) is 9.97 Å². The van der Waals surface area contributed by atoms with Crippen LogP contribution in [0.15, 0.2) is 36.4 Å². The molecule has 3 heterocycles. The summed E-state index contributed by atoms with van der Waals surface area (Å²) in [6, 6.07) is 9.49. The fraction of sp³-hybridized carbons (Fsp3) is 0.300. The van der Waals surface area contributed by atoms with Gasteiger partial charge in [0.1, 0.15) is 12.6 Å². The Labute approximate surface area is 174 Å². The van der Waals surface area contributed by atoms with E-state index in [9.17, 15) is 18.0 Å². The Morgan fingerprint density at radius 2 is 1.94 bits per heavy atom. The lowest BCUT2D eigenvalue weighted by Crippen LogP contribution is -2.33. The first kappa shape index (κ1) is 20.8. The minimum Gasteiger partial charge on any atom is -0.470 e. The average molecular weight is 433 g/mol. The summed E-state index contributed by atoms with van der Waals surface area (Å²) in [6.07, 6.45) is -3.90. The lowest BCUT2D eigenvalue weighted by molar-refractivity contribution is -0.123. The van der Waals surface area contributed by atoms with Crippen molar-refractivity contribution in [2.45, 2.75) is 18.7 Å². The van der Waals surface area contributed by atoms with Crippen molar-refractivity contribution in [1.82, 2.24) is 20.3 Å². The molecule has 0 radical (unpaired) electrons. The predicted molar refractivity (Wildman–Crippen MR) is 105 cm³/mol. The van der Waals surface area contributed by atoms with Crippen molar-refractivity contribution >= 4 is 22.9 Å². The van der Waals surface area contributed by atoms with E-state index < -0.39 is 18.6 Å². The summed E-state index contributed by atoms with van der Waals surface area (Å²) in [7, 11) is 0. The van der Waals surface area contributed by atoms with Crippen molar-refractivity contribution in [3.8, 4) is 17.1 Å². The monoisotopic (exact) mass is 433 g/mol. The number of aromatic nitrogens is 3. The molecule has 1 atom stereocenters. The topological polar surface area (TPSA) is 112 Å². The van der Waals surface area contributed by atoms with Crippen molar-refractivity contribution < 1.29 is 27.4 Å². The molecule has 1 amide bonds. The number of benzene rings is 1.